The Balaban J connectivity index is 1.81. The lowest BCUT2D eigenvalue weighted by Crippen LogP contribution is -2.48. The first-order valence-corrected chi connectivity index (χ1v) is 9.47. The molecular weight excluding hydrogens is 418 g/mol. The molecule has 1 aliphatic carbocycles. The molecule has 4 N–H and O–H groups in total. The standard InChI is InChI=1S/C21H11N5O6/c27-16-10-4-2-1-3-9(10)15-13(16)21(14-17(23-15)24-20(30)25-18(14)28)11-7-8(26(31)32)5-6-12(11)22-19(21)29/h1-7H,(H,22,29)(H3,23,24,25,28,30). The van der Waals surface area contributed by atoms with Crippen LogP contribution in [0.4, 0.5) is 17.2 Å². The molecule has 11 nitrogen and oxygen atoms in total. The number of carbonyl (C=O) groups is 2. The van der Waals surface area contributed by atoms with Crippen molar-refractivity contribution in [2.24, 2.45) is 0 Å². The van der Waals surface area contributed by atoms with E-state index >= 15 is 0 Å². The normalized spacial score (nSPS) is 19.8. The van der Waals surface area contributed by atoms with E-state index in [1.165, 1.54) is 18.2 Å². The van der Waals surface area contributed by atoms with Gasteiger partial charge in [-0.3, -0.25) is 34.5 Å². The smallest absolute Gasteiger partial charge is 0.327 e. The number of aromatic amines is 2. The summed E-state index contributed by atoms with van der Waals surface area (Å²) in [6.45, 7) is 0. The maximum absolute atomic E-state index is 13.6. The van der Waals surface area contributed by atoms with Crippen molar-refractivity contribution in [2.75, 3.05) is 10.6 Å². The topological polar surface area (TPSA) is 167 Å². The highest BCUT2D eigenvalue weighted by atomic mass is 16.6. The summed E-state index contributed by atoms with van der Waals surface area (Å²) < 4.78 is 0. The SMILES string of the molecule is O=C1C2=C(Nc3[nH]c(=O)[nH]c(=O)c3C23C(=O)Nc2ccc([N+](=O)[O-])cc23)c2ccccc21. The molecule has 1 atom stereocenters. The lowest BCUT2D eigenvalue weighted by atomic mass is 9.67. The molecule has 0 fully saturated rings. The Kier molecular flexibility index (Phi) is 3.19. The number of hydrogen-bond donors (Lipinski definition) is 4. The van der Waals surface area contributed by atoms with Crippen LogP contribution in [0.2, 0.25) is 0 Å². The first-order chi connectivity index (χ1) is 15.3. The van der Waals surface area contributed by atoms with Crippen LogP contribution in [0.1, 0.15) is 27.0 Å². The van der Waals surface area contributed by atoms with E-state index in [4.69, 9.17) is 0 Å². The van der Waals surface area contributed by atoms with Crippen LogP contribution in [0.3, 0.4) is 0 Å². The Morgan fingerprint density at radius 3 is 2.41 bits per heavy atom. The van der Waals surface area contributed by atoms with Gasteiger partial charge >= 0.3 is 5.69 Å². The van der Waals surface area contributed by atoms with Gasteiger partial charge in [0.25, 0.3) is 11.2 Å². The third kappa shape index (κ3) is 1.94. The molecule has 156 valence electrons. The molecule has 0 saturated heterocycles. The van der Waals surface area contributed by atoms with Gasteiger partial charge in [0.05, 0.1) is 16.2 Å². The second-order valence-corrected chi connectivity index (χ2v) is 7.60. The molecule has 3 aliphatic rings. The van der Waals surface area contributed by atoms with E-state index in [2.05, 4.69) is 20.6 Å². The van der Waals surface area contributed by atoms with E-state index < -0.39 is 33.3 Å². The average molecular weight is 429 g/mol. The highest BCUT2D eigenvalue weighted by Gasteiger charge is 2.61. The highest BCUT2D eigenvalue weighted by Crippen LogP contribution is 2.56. The maximum atomic E-state index is 13.6. The monoisotopic (exact) mass is 429 g/mol. The van der Waals surface area contributed by atoms with E-state index in [0.29, 0.717) is 11.1 Å². The van der Waals surface area contributed by atoms with Crippen molar-refractivity contribution in [1.29, 1.82) is 0 Å². The zero-order chi connectivity index (χ0) is 22.4. The predicted molar refractivity (Wildman–Crippen MR) is 112 cm³/mol. The summed E-state index contributed by atoms with van der Waals surface area (Å²) in [4.78, 5) is 67.6. The van der Waals surface area contributed by atoms with Gasteiger partial charge in [0.2, 0.25) is 5.91 Å². The summed E-state index contributed by atoms with van der Waals surface area (Å²) in [7, 11) is 0. The number of anilines is 2. The van der Waals surface area contributed by atoms with Crippen molar-refractivity contribution in [3.63, 3.8) is 0 Å². The Morgan fingerprint density at radius 1 is 0.906 bits per heavy atom. The molecule has 11 heteroatoms. The minimum Gasteiger partial charge on any atom is -0.340 e. The van der Waals surface area contributed by atoms with Gasteiger partial charge in [0.1, 0.15) is 11.2 Å². The lowest BCUT2D eigenvalue weighted by molar-refractivity contribution is -0.384. The van der Waals surface area contributed by atoms with Crippen LogP contribution in [0.15, 0.2) is 57.6 Å². The molecule has 1 aromatic heterocycles. The lowest BCUT2D eigenvalue weighted by Gasteiger charge is -2.34. The molecule has 3 heterocycles. The van der Waals surface area contributed by atoms with Crippen LogP contribution >= 0.6 is 0 Å². The molecule has 0 saturated carbocycles. The fourth-order valence-corrected chi connectivity index (χ4v) is 4.86. The quantitative estimate of drug-likeness (QED) is 0.333. The number of rotatable bonds is 1. The molecule has 1 unspecified atom stereocenters. The maximum Gasteiger partial charge on any atom is 0.327 e. The minimum absolute atomic E-state index is 0.0273. The molecular formula is C21H11N5O6. The number of ketones is 1. The van der Waals surface area contributed by atoms with Crippen molar-refractivity contribution >= 4 is 34.6 Å². The first-order valence-electron chi connectivity index (χ1n) is 9.47. The molecule has 6 rings (SSSR count). The fraction of sp³-hybridized carbons (Fsp3) is 0.0476. The van der Waals surface area contributed by atoms with Crippen molar-refractivity contribution in [3.05, 3.63) is 101 Å². The number of non-ortho nitro benzene ring substituents is 1. The van der Waals surface area contributed by atoms with E-state index in [9.17, 15) is 29.3 Å². The number of H-pyrrole nitrogens is 2. The van der Waals surface area contributed by atoms with Gasteiger partial charge in [-0.25, -0.2) is 4.79 Å². The molecule has 2 aromatic carbocycles. The molecule has 3 aromatic rings. The Hall–Kier alpha value is -4.80. The zero-order valence-electron chi connectivity index (χ0n) is 15.9. The Labute approximate surface area is 177 Å². The molecule has 2 aliphatic heterocycles. The van der Waals surface area contributed by atoms with Crippen molar-refractivity contribution < 1.29 is 14.5 Å². The van der Waals surface area contributed by atoms with Gasteiger partial charge in [0.15, 0.2) is 5.78 Å². The summed E-state index contributed by atoms with van der Waals surface area (Å²) in [6, 6.07) is 10.4. The number of nitrogens with one attached hydrogen (secondary N) is 4. The molecule has 0 bridgehead atoms. The van der Waals surface area contributed by atoms with E-state index in [1.54, 1.807) is 24.3 Å². The summed E-state index contributed by atoms with van der Waals surface area (Å²) in [6.07, 6.45) is 0. The number of carbonyl (C=O) groups excluding carboxylic acids is 2. The minimum atomic E-state index is -1.99. The number of nitrogens with zero attached hydrogens (tertiary/aromatic N) is 1. The van der Waals surface area contributed by atoms with Gasteiger partial charge < -0.3 is 10.6 Å². The second kappa shape index (κ2) is 5.66. The van der Waals surface area contributed by atoms with E-state index in [0.717, 1.165) is 0 Å². The Bertz CT molecular complexity index is 1600. The molecule has 1 spiro atoms. The van der Waals surface area contributed by atoms with Crippen LogP contribution in [0.25, 0.3) is 5.70 Å². The van der Waals surface area contributed by atoms with Gasteiger partial charge in [-0.15, -0.1) is 0 Å². The summed E-state index contributed by atoms with van der Waals surface area (Å²) in [5.74, 6) is -1.27. The number of aromatic nitrogens is 2. The zero-order valence-corrected chi connectivity index (χ0v) is 15.9. The van der Waals surface area contributed by atoms with E-state index in [1.807, 2.05) is 0 Å². The molecule has 1 amide bonds. The number of amides is 1. The van der Waals surface area contributed by atoms with Gasteiger partial charge in [-0.2, -0.15) is 0 Å². The fourth-order valence-electron chi connectivity index (χ4n) is 4.86. The second-order valence-electron chi connectivity index (χ2n) is 7.60. The number of hydrogen-bond acceptors (Lipinski definition) is 7. The number of benzene rings is 2. The molecule has 0 radical (unpaired) electrons. The number of nitro groups is 1. The van der Waals surface area contributed by atoms with Crippen LogP contribution in [-0.2, 0) is 10.2 Å². The summed E-state index contributed by atoms with van der Waals surface area (Å²) in [5, 5.41) is 17.1. The molecule has 32 heavy (non-hydrogen) atoms. The van der Waals surface area contributed by atoms with Crippen molar-refractivity contribution in [1.82, 2.24) is 9.97 Å². The van der Waals surface area contributed by atoms with Crippen molar-refractivity contribution in [3.8, 4) is 0 Å². The number of nitro benzene ring substituents is 1. The van der Waals surface area contributed by atoms with Gasteiger partial charge in [0, 0.05) is 40.1 Å². The number of Topliss-reactive ketones (excluding diaryl/α,β-unsaturated/α-hetero) is 1. The third-order valence-corrected chi connectivity index (χ3v) is 6.07. The third-order valence-electron chi connectivity index (χ3n) is 6.07. The van der Waals surface area contributed by atoms with E-state index in [-0.39, 0.29) is 39.6 Å². The Morgan fingerprint density at radius 2 is 1.66 bits per heavy atom. The summed E-state index contributed by atoms with van der Waals surface area (Å²) in [5.41, 5.74) is -2.87. The average Bonchev–Trinajstić information content (AvgIpc) is 3.20. The number of fused-ring (bicyclic) bond motifs is 7. The summed E-state index contributed by atoms with van der Waals surface area (Å²) >= 11 is 0. The predicted octanol–water partition coefficient (Wildman–Crippen LogP) is 1.24. The van der Waals surface area contributed by atoms with Crippen LogP contribution < -0.4 is 21.9 Å². The van der Waals surface area contributed by atoms with Crippen LogP contribution in [0.5, 0.6) is 0 Å². The highest BCUT2D eigenvalue weighted by molar-refractivity contribution is 6.30. The van der Waals surface area contributed by atoms with Crippen LogP contribution in [0, 0.1) is 10.1 Å². The first kappa shape index (κ1) is 18.0. The van der Waals surface area contributed by atoms with Gasteiger partial charge in [-0.1, -0.05) is 24.3 Å². The largest absolute Gasteiger partial charge is 0.340 e. The van der Waals surface area contributed by atoms with Gasteiger partial charge in [-0.05, 0) is 6.07 Å². The van der Waals surface area contributed by atoms with Crippen LogP contribution in [-0.4, -0.2) is 26.6 Å². The van der Waals surface area contributed by atoms with Crippen molar-refractivity contribution in [2.45, 2.75) is 5.41 Å².